The van der Waals surface area contributed by atoms with Gasteiger partial charge in [0.15, 0.2) is 0 Å². The van der Waals surface area contributed by atoms with Gasteiger partial charge in [-0.2, -0.15) is 5.26 Å². The van der Waals surface area contributed by atoms with Crippen LogP contribution < -0.4 is 0 Å². The molecule has 0 radical (unpaired) electrons. The van der Waals surface area contributed by atoms with Gasteiger partial charge in [0.05, 0.1) is 59.7 Å². The quantitative estimate of drug-likeness (QED) is 0.158. The lowest BCUT2D eigenvalue weighted by molar-refractivity contribution is 1.14. The normalized spacial score (nSPS) is 12.0. The van der Waals surface area contributed by atoms with Crippen molar-refractivity contribution in [1.29, 1.82) is 5.26 Å². The first-order valence-corrected chi connectivity index (χ1v) is 27.4. The summed E-state index contributed by atoms with van der Waals surface area (Å²) in [5.74, 6) is 0. The number of fused-ring (bicyclic) bond motifs is 18. The Labute approximate surface area is 441 Å². The minimum Gasteiger partial charge on any atom is -0.316 e. The molecule has 0 saturated carbocycles. The molecule has 5 aromatic heterocycles. The summed E-state index contributed by atoms with van der Waals surface area (Å²) in [5, 5.41) is 23.9. The van der Waals surface area contributed by atoms with E-state index in [4.69, 9.17) is 4.85 Å². The van der Waals surface area contributed by atoms with Gasteiger partial charge in [-0.25, -0.2) is 4.85 Å². The summed E-state index contributed by atoms with van der Waals surface area (Å²) < 4.78 is 11.9. The topological polar surface area (TPSA) is 38.0 Å². The van der Waals surface area contributed by atoms with Crippen LogP contribution in [0.3, 0.4) is 0 Å². The Hall–Kier alpha value is -9.34. The largest absolute Gasteiger partial charge is 0.316 e. The van der Waals surface area contributed by atoms with Crippen molar-refractivity contribution in [2.75, 3.05) is 0 Å². The molecule has 0 unspecified atom stereocenters. The maximum Gasteiger partial charge on any atom is 0.220 e. The van der Waals surface area contributed by atoms with Crippen molar-refractivity contribution in [2.24, 2.45) is 0 Å². The van der Waals surface area contributed by atoms with Crippen molar-refractivity contribution in [3.8, 4) is 50.8 Å². The molecule has 16 aromatic rings. The highest BCUT2D eigenvalue weighted by molar-refractivity contribution is 7.27. The average Bonchev–Trinajstić information content (AvgIpc) is 4.44. The fourth-order valence-corrected chi connectivity index (χ4v) is 16.0. The first-order valence-electron chi connectivity index (χ1n) is 24.9. The van der Waals surface area contributed by atoms with Crippen LogP contribution in [0.25, 0.3) is 154 Å². The summed E-state index contributed by atoms with van der Waals surface area (Å²) >= 11 is 5.41. The molecular formula is C68H36N4S3. The summed E-state index contributed by atoms with van der Waals surface area (Å²) in [6.45, 7) is 9.65. The summed E-state index contributed by atoms with van der Waals surface area (Å²) in [4.78, 5) is 4.73. The van der Waals surface area contributed by atoms with E-state index in [1.54, 1.807) is 34.0 Å². The van der Waals surface area contributed by atoms with Gasteiger partial charge in [-0.05, 0) is 34.9 Å². The highest BCUT2D eigenvalue weighted by atomic mass is 32.1. The van der Waals surface area contributed by atoms with E-state index in [-0.39, 0.29) is 0 Å². The number of aromatic nitrogens is 2. The maximum atomic E-state index is 12.4. The number of nitrogens with zero attached hydrogens (tertiary/aromatic N) is 4. The minimum atomic E-state index is 0.423. The van der Waals surface area contributed by atoms with Gasteiger partial charge < -0.3 is 9.13 Å². The van der Waals surface area contributed by atoms with Gasteiger partial charge in [0.25, 0.3) is 0 Å². The lowest BCUT2D eigenvalue weighted by Crippen LogP contribution is -2.09. The molecule has 346 valence electrons. The zero-order chi connectivity index (χ0) is 49.5. The third-order valence-electron chi connectivity index (χ3n) is 15.4. The van der Waals surface area contributed by atoms with E-state index in [2.05, 4.69) is 215 Å². The second kappa shape index (κ2) is 16.1. The fourth-order valence-electron chi connectivity index (χ4n) is 12.3. The summed E-state index contributed by atoms with van der Waals surface area (Å²) in [5.41, 5.74) is 11.7. The predicted octanol–water partition coefficient (Wildman–Crippen LogP) is 20.4. The molecule has 7 heteroatoms. The molecule has 0 amide bonds. The van der Waals surface area contributed by atoms with Crippen molar-refractivity contribution >= 4 is 144 Å². The van der Waals surface area contributed by atoms with Crippen LogP contribution in [0, 0.1) is 17.9 Å². The van der Waals surface area contributed by atoms with Crippen LogP contribution in [0.15, 0.2) is 218 Å². The molecule has 0 fully saturated rings. The van der Waals surface area contributed by atoms with Crippen LogP contribution >= 0.6 is 34.0 Å². The zero-order valence-electron chi connectivity index (χ0n) is 39.8. The van der Waals surface area contributed by atoms with E-state index in [9.17, 15) is 11.8 Å². The van der Waals surface area contributed by atoms with Gasteiger partial charge in [-0.3, -0.25) is 0 Å². The third-order valence-corrected chi connectivity index (χ3v) is 19.0. The van der Waals surface area contributed by atoms with Crippen molar-refractivity contribution < 1.29 is 0 Å². The molecule has 0 saturated heterocycles. The van der Waals surface area contributed by atoms with Crippen LogP contribution in [0.5, 0.6) is 0 Å². The molecule has 0 aliphatic carbocycles. The number of benzene rings is 11. The number of nitriles is 1. The number of para-hydroxylation sites is 1. The van der Waals surface area contributed by atoms with Crippen LogP contribution in [0.4, 0.5) is 5.69 Å². The van der Waals surface area contributed by atoms with Crippen molar-refractivity contribution in [3.63, 3.8) is 0 Å². The van der Waals surface area contributed by atoms with Gasteiger partial charge in [0.2, 0.25) is 5.69 Å². The van der Waals surface area contributed by atoms with Crippen LogP contribution in [-0.2, 0) is 0 Å². The van der Waals surface area contributed by atoms with Gasteiger partial charge in [-0.15, -0.1) is 34.0 Å². The SMILES string of the molecule is [C-]#[N+]c1c(-c2ccccc2)c(C#N)c(-n2c3c(-c4ccccc4)cccc3c3ccc4c5ccccc5sc4c32)c(-c2ccccc2)c1-n1c2c(ccc3c4ccccc4sc32)c2ccc3c4ccccc4sc3c21. The van der Waals surface area contributed by atoms with E-state index >= 15 is 0 Å². The highest BCUT2D eigenvalue weighted by Gasteiger charge is 2.34. The molecule has 0 N–H and O–H groups in total. The van der Waals surface area contributed by atoms with Crippen LogP contribution in [0.2, 0.25) is 0 Å². The molecule has 0 spiro atoms. The first-order chi connectivity index (χ1) is 37.2. The first kappa shape index (κ1) is 42.2. The average molecular weight is 1010 g/mol. The van der Waals surface area contributed by atoms with Crippen LogP contribution in [0.1, 0.15) is 5.56 Å². The molecule has 16 rings (SSSR count). The second-order valence-corrected chi connectivity index (χ2v) is 22.3. The molecule has 4 nitrogen and oxygen atoms in total. The Kier molecular flexibility index (Phi) is 9.05. The molecular weight excluding hydrogens is 969 g/mol. The van der Waals surface area contributed by atoms with Crippen LogP contribution in [-0.4, -0.2) is 9.13 Å². The molecule has 5 heterocycles. The van der Waals surface area contributed by atoms with E-state index in [0.29, 0.717) is 16.8 Å². The zero-order valence-corrected chi connectivity index (χ0v) is 42.2. The third kappa shape index (κ3) is 5.83. The van der Waals surface area contributed by atoms with Gasteiger partial charge in [0.1, 0.15) is 6.07 Å². The van der Waals surface area contributed by atoms with Gasteiger partial charge in [-0.1, -0.05) is 200 Å². The lowest BCUT2D eigenvalue weighted by atomic mass is 9.88. The lowest BCUT2D eigenvalue weighted by Gasteiger charge is -2.26. The molecule has 11 aromatic carbocycles. The number of rotatable bonds is 5. The molecule has 0 bridgehead atoms. The Morgan fingerprint density at radius 3 is 1.17 bits per heavy atom. The van der Waals surface area contributed by atoms with E-state index < -0.39 is 0 Å². The second-order valence-electron chi connectivity index (χ2n) is 19.2. The molecule has 0 aliphatic rings. The van der Waals surface area contributed by atoms with Crippen molar-refractivity contribution in [3.05, 3.63) is 235 Å². The summed E-state index contributed by atoms with van der Waals surface area (Å²) in [7, 11) is 0. The summed E-state index contributed by atoms with van der Waals surface area (Å²) in [6.07, 6.45) is 0. The smallest absolute Gasteiger partial charge is 0.220 e. The molecule has 0 atom stereocenters. The van der Waals surface area contributed by atoms with E-state index in [0.717, 1.165) is 102 Å². The fraction of sp³-hybridized carbons (Fsp3) is 0. The van der Waals surface area contributed by atoms with Crippen molar-refractivity contribution in [2.45, 2.75) is 0 Å². The minimum absolute atomic E-state index is 0.423. The number of thiophene rings is 3. The van der Waals surface area contributed by atoms with E-state index in [1.165, 1.54) is 41.0 Å². The predicted molar refractivity (Wildman–Crippen MR) is 321 cm³/mol. The number of hydrogen-bond donors (Lipinski definition) is 0. The maximum absolute atomic E-state index is 12.4. The van der Waals surface area contributed by atoms with Gasteiger partial charge >= 0.3 is 0 Å². The number of hydrogen-bond acceptors (Lipinski definition) is 4. The van der Waals surface area contributed by atoms with E-state index in [1.807, 2.05) is 18.2 Å². The van der Waals surface area contributed by atoms with Crippen molar-refractivity contribution in [1.82, 2.24) is 9.13 Å². The Bertz CT molecular complexity index is 5070. The summed E-state index contributed by atoms with van der Waals surface area (Å²) in [6, 6.07) is 80.7. The molecule has 0 aliphatic heterocycles. The Balaban J connectivity index is 1.24. The molecule has 75 heavy (non-hydrogen) atoms. The highest BCUT2D eigenvalue weighted by Crippen LogP contribution is 2.56. The monoisotopic (exact) mass is 1000 g/mol. The Morgan fingerprint density at radius 2 is 0.720 bits per heavy atom. The Morgan fingerprint density at radius 1 is 0.347 bits per heavy atom. The van der Waals surface area contributed by atoms with Gasteiger partial charge in [0, 0.05) is 84.7 Å². The standard InChI is InChI=1S/C68H36N4S3/c1-70-59-57(40-20-7-3-8-21-40)53(38-69)61(71-60-42(39-18-5-2-6-19-39)27-17-28-46(60)47-32-35-50-43-24-11-14-29-54(43)73-66(50)62(47)71)58(41-22-9-4-10-23-41)65(59)72-63-48(33-36-51-44-25-12-15-30-55(44)74-67(51)63)49-34-37-52-45-26-13-16-31-56(45)75-68(52)64(49)72/h2-37H.